The molecule has 0 saturated carbocycles. The minimum absolute atomic E-state index is 0.196. The van der Waals surface area contributed by atoms with Gasteiger partial charge < -0.3 is 0 Å². The molecule has 1 aromatic carbocycles. The molecule has 102 valence electrons. The molecule has 1 aromatic heterocycles. The van der Waals surface area contributed by atoms with Gasteiger partial charge in [-0.15, -0.1) is 0 Å². The van der Waals surface area contributed by atoms with Gasteiger partial charge in [0.25, 0.3) is 5.91 Å². The summed E-state index contributed by atoms with van der Waals surface area (Å²) >= 11 is 0. The minimum atomic E-state index is -0.196. The second-order valence-corrected chi connectivity index (χ2v) is 4.67. The van der Waals surface area contributed by atoms with Crippen LogP contribution in [0.2, 0.25) is 0 Å². The third-order valence-corrected chi connectivity index (χ3v) is 2.75. The van der Waals surface area contributed by atoms with E-state index in [0.29, 0.717) is 11.5 Å². The van der Waals surface area contributed by atoms with Crippen LogP contribution in [0.5, 0.6) is 0 Å². The fourth-order valence-corrected chi connectivity index (χ4v) is 1.85. The summed E-state index contributed by atoms with van der Waals surface area (Å²) in [4.78, 5) is 20.5. The van der Waals surface area contributed by atoms with Crippen LogP contribution < -0.4 is 5.32 Å². The highest BCUT2D eigenvalue weighted by Crippen LogP contribution is 2.09. The Hall–Kier alpha value is -2.49. The lowest BCUT2D eigenvalue weighted by Gasteiger charge is -2.06. The average molecular weight is 267 g/mol. The number of amides is 1. The molecule has 0 aliphatic heterocycles. The lowest BCUT2D eigenvalue weighted by atomic mass is 10.1. The molecule has 0 saturated heterocycles. The predicted octanol–water partition coefficient (Wildman–Crippen LogP) is 3.14. The molecule has 0 unspecified atom stereocenters. The van der Waals surface area contributed by atoms with Gasteiger partial charge in [0, 0.05) is 17.0 Å². The zero-order valence-corrected chi connectivity index (χ0v) is 11.8. The van der Waals surface area contributed by atoms with Crippen LogP contribution in [0.15, 0.2) is 42.0 Å². The highest BCUT2D eigenvalue weighted by molar-refractivity contribution is 6.05. The van der Waals surface area contributed by atoms with Crippen LogP contribution in [0.4, 0.5) is 5.95 Å². The van der Waals surface area contributed by atoms with E-state index in [1.165, 1.54) is 0 Å². The monoisotopic (exact) mass is 267 g/mol. The largest absolute Gasteiger partial charge is 0.291 e. The van der Waals surface area contributed by atoms with Gasteiger partial charge in [-0.25, -0.2) is 9.97 Å². The molecule has 4 heteroatoms. The van der Waals surface area contributed by atoms with E-state index < -0.39 is 0 Å². The molecule has 0 bridgehead atoms. The van der Waals surface area contributed by atoms with Crippen LogP contribution in [0.1, 0.15) is 23.9 Å². The van der Waals surface area contributed by atoms with E-state index >= 15 is 0 Å². The van der Waals surface area contributed by atoms with Crippen LogP contribution in [-0.4, -0.2) is 15.9 Å². The Labute approximate surface area is 118 Å². The van der Waals surface area contributed by atoms with Crippen LogP contribution >= 0.6 is 0 Å². The Morgan fingerprint density at radius 3 is 2.30 bits per heavy atom. The van der Waals surface area contributed by atoms with Crippen LogP contribution in [0.3, 0.4) is 0 Å². The van der Waals surface area contributed by atoms with Gasteiger partial charge in [0.1, 0.15) is 0 Å². The second kappa shape index (κ2) is 6.10. The smallest absolute Gasteiger partial charge is 0.253 e. The molecule has 0 radical (unpaired) electrons. The van der Waals surface area contributed by atoms with Gasteiger partial charge in [-0.05, 0) is 38.5 Å². The number of anilines is 1. The number of aryl methyl sites for hydroxylation is 2. The van der Waals surface area contributed by atoms with Crippen LogP contribution in [0.25, 0.3) is 6.08 Å². The van der Waals surface area contributed by atoms with Crippen molar-refractivity contribution >= 4 is 17.9 Å². The van der Waals surface area contributed by atoms with Crippen molar-refractivity contribution in [3.05, 3.63) is 58.9 Å². The molecular weight excluding hydrogens is 250 g/mol. The van der Waals surface area contributed by atoms with Gasteiger partial charge in [-0.3, -0.25) is 10.1 Å². The number of carbonyl (C=O) groups excluding carboxylic acids is 1. The average Bonchev–Trinajstić information content (AvgIpc) is 2.38. The Morgan fingerprint density at radius 1 is 1.10 bits per heavy atom. The van der Waals surface area contributed by atoms with Crippen molar-refractivity contribution in [3.63, 3.8) is 0 Å². The molecule has 2 aromatic rings. The molecule has 0 spiro atoms. The zero-order valence-electron chi connectivity index (χ0n) is 11.8. The third kappa shape index (κ3) is 3.75. The van der Waals surface area contributed by atoms with Gasteiger partial charge in [0.05, 0.1) is 0 Å². The first-order chi connectivity index (χ1) is 9.54. The predicted molar refractivity (Wildman–Crippen MR) is 80.2 cm³/mol. The summed E-state index contributed by atoms with van der Waals surface area (Å²) < 4.78 is 0. The van der Waals surface area contributed by atoms with Gasteiger partial charge in [0.2, 0.25) is 5.95 Å². The number of hydrogen-bond acceptors (Lipinski definition) is 3. The van der Waals surface area contributed by atoms with Gasteiger partial charge in [0.15, 0.2) is 0 Å². The fraction of sp³-hybridized carbons (Fsp3) is 0.188. The Morgan fingerprint density at radius 2 is 1.70 bits per heavy atom. The van der Waals surface area contributed by atoms with E-state index in [2.05, 4.69) is 15.3 Å². The Bertz CT molecular complexity index is 628. The summed E-state index contributed by atoms with van der Waals surface area (Å²) in [6, 6.07) is 11.6. The van der Waals surface area contributed by atoms with Crippen molar-refractivity contribution in [1.82, 2.24) is 9.97 Å². The van der Waals surface area contributed by atoms with Crippen LogP contribution in [0, 0.1) is 13.8 Å². The van der Waals surface area contributed by atoms with E-state index in [9.17, 15) is 4.79 Å². The Balaban J connectivity index is 2.13. The number of nitrogens with one attached hydrogen (secondary N) is 1. The maximum atomic E-state index is 12.1. The molecule has 4 nitrogen and oxygen atoms in total. The number of carbonyl (C=O) groups is 1. The minimum Gasteiger partial charge on any atom is -0.291 e. The van der Waals surface area contributed by atoms with Gasteiger partial charge >= 0.3 is 0 Å². The fourth-order valence-electron chi connectivity index (χ4n) is 1.85. The highest BCUT2D eigenvalue weighted by Gasteiger charge is 2.07. The van der Waals surface area contributed by atoms with E-state index in [1.807, 2.05) is 56.3 Å². The number of benzene rings is 1. The molecule has 0 aliphatic rings. The van der Waals surface area contributed by atoms with Crippen LogP contribution in [-0.2, 0) is 4.79 Å². The number of aromatic nitrogens is 2. The molecule has 20 heavy (non-hydrogen) atoms. The van der Waals surface area contributed by atoms with Crippen molar-refractivity contribution in [3.8, 4) is 0 Å². The molecule has 0 aliphatic carbocycles. The molecule has 2 rings (SSSR count). The summed E-state index contributed by atoms with van der Waals surface area (Å²) in [6.45, 7) is 5.51. The first-order valence-corrected chi connectivity index (χ1v) is 6.41. The topological polar surface area (TPSA) is 54.9 Å². The lowest BCUT2D eigenvalue weighted by molar-refractivity contribution is -0.112. The quantitative estimate of drug-likeness (QED) is 0.869. The molecule has 1 N–H and O–H groups in total. The lowest BCUT2D eigenvalue weighted by Crippen LogP contribution is -2.15. The summed E-state index contributed by atoms with van der Waals surface area (Å²) in [6.07, 6.45) is 1.83. The number of rotatable bonds is 3. The highest BCUT2D eigenvalue weighted by atomic mass is 16.1. The van der Waals surface area contributed by atoms with Crippen molar-refractivity contribution in [2.75, 3.05) is 5.32 Å². The summed E-state index contributed by atoms with van der Waals surface area (Å²) in [5.74, 6) is 0.146. The van der Waals surface area contributed by atoms with E-state index in [-0.39, 0.29) is 5.91 Å². The van der Waals surface area contributed by atoms with Gasteiger partial charge in [-0.2, -0.15) is 0 Å². The third-order valence-electron chi connectivity index (χ3n) is 2.75. The first kappa shape index (κ1) is 13.9. The first-order valence-electron chi connectivity index (χ1n) is 6.41. The summed E-state index contributed by atoms with van der Waals surface area (Å²) in [5, 5.41) is 2.71. The standard InChI is InChI=1S/C16H17N3O/c1-11(9-14-7-5-4-6-8-14)15(20)19-16-17-12(2)10-13(3)18-16/h4-10H,1-3H3,(H,17,18,19,20)/b11-9+. The normalized spacial score (nSPS) is 11.2. The summed E-state index contributed by atoms with van der Waals surface area (Å²) in [7, 11) is 0. The Kier molecular flexibility index (Phi) is 4.25. The van der Waals surface area contributed by atoms with Crippen molar-refractivity contribution in [2.45, 2.75) is 20.8 Å². The molecule has 1 heterocycles. The van der Waals surface area contributed by atoms with Crippen molar-refractivity contribution in [1.29, 1.82) is 0 Å². The molecule has 1 amide bonds. The molecular formula is C16H17N3O. The van der Waals surface area contributed by atoms with Crippen molar-refractivity contribution in [2.24, 2.45) is 0 Å². The maximum Gasteiger partial charge on any atom is 0.253 e. The van der Waals surface area contributed by atoms with E-state index in [0.717, 1.165) is 17.0 Å². The van der Waals surface area contributed by atoms with Crippen molar-refractivity contribution < 1.29 is 4.79 Å². The number of hydrogen-bond donors (Lipinski definition) is 1. The molecule has 0 fully saturated rings. The second-order valence-electron chi connectivity index (χ2n) is 4.67. The number of nitrogens with zero attached hydrogens (tertiary/aromatic N) is 2. The SMILES string of the molecule is C/C(=C\c1ccccc1)C(=O)Nc1nc(C)cc(C)n1. The zero-order chi connectivity index (χ0) is 14.5. The maximum absolute atomic E-state index is 12.1. The summed E-state index contributed by atoms with van der Waals surface area (Å²) in [5.41, 5.74) is 3.26. The van der Waals surface area contributed by atoms with E-state index in [4.69, 9.17) is 0 Å². The molecule has 0 atom stereocenters. The van der Waals surface area contributed by atoms with Gasteiger partial charge in [-0.1, -0.05) is 30.3 Å². The van der Waals surface area contributed by atoms with E-state index in [1.54, 1.807) is 6.92 Å².